The zero-order valence-electron chi connectivity index (χ0n) is 14.9. The summed E-state index contributed by atoms with van der Waals surface area (Å²) in [7, 11) is 0. The molecule has 2 rings (SSSR count). The fourth-order valence-electron chi connectivity index (χ4n) is 2.83. The first-order chi connectivity index (χ1) is 11.9. The number of carbonyl (C=O) groups is 1. The van der Waals surface area contributed by atoms with Gasteiger partial charge in [0.1, 0.15) is 5.78 Å². The summed E-state index contributed by atoms with van der Waals surface area (Å²) in [6.07, 6.45) is -0.624. The first-order valence-corrected chi connectivity index (χ1v) is 9.03. The lowest BCUT2D eigenvalue weighted by Crippen LogP contribution is -2.38. The van der Waals surface area contributed by atoms with Gasteiger partial charge in [-0.3, -0.25) is 4.79 Å². The van der Waals surface area contributed by atoms with Gasteiger partial charge < -0.3 is 10.4 Å². The van der Waals surface area contributed by atoms with Crippen molar-refractivity contribution in [2.75, 3.05) is 6.54 Å². The second-order valence-electron chi connectivity index (χ2n) is 6.71. The number of benzene rings is 2. The van der Waals surface area contributed by atoms with Crippen molar-refractivity contribution >= 4 is 17.4 Å². The van der Waals surface area contributed by atoms with Crippen LogP contribution >= 0.6 is 11.6 Å². The lowest BCUT2D eigenvalue weighted by atomic mass is 9.88. The summed E-state index contributed by atoms with van der Waals surface area (Å²) in [4.78, 5) is 12.6. The van der Waals surface area contributed by atoms with Crippen LogP contribution in [0.1, 0.15) is 43.9 Å². The van der Waals surface area contributed by atoms with Crippen LogP contribution in [-0.4, -0.2) is 23.5 Å². The predicted molar refractivity (Wildman–Crippen MR) is 103 cm³/mol. The van der Waals surface area contributed by atoms with Crippen molar-refractivity contribution in [2.45, 2.75) is 38.8 Å². The van der Waals surface area contributed by atoms with Gasteiger partial charge in [-0.15, -0.1) is 0 Å². The number of rotatable bonds is 8. The summed E-state index contributed by atoms with van der Waals surface area (Å²) in [5.41, 5.74) is 1.80. The van der Waals surface area contributed by atoms with Crippen molar-refractivity contribution in [3.05, 3.63) is 70.7 Å². The molecular weight excluding hydrogens is 334 g/mol. The molecule has 0 saturated heterocycles. The van der Waals surface area contributed by atoms with Crippen LogP contribution in [0.3, 0.4) is 0 Å². The standard InChI is InChI=1S/C21H26ClNO2/c1-14(2)20(24)19(16-9-11-18(22)12-10-16)13-23-15(3)21(25)17-7-5-4-6-8-17/h4-12,14-15,19,21,23,25H,13H2,1-3H3/t15-,19?,21-/m1/s1. The number of nitrogens with one attached hydrogen (secondary N) is 1. The van der Waals surface area contributed by atoms with Crippen LogP contribution in [0.4, 0.5) is 0 Å². The molecular formula is C21H26ClNO2. The summed E-state index contributed by atoms with van der Waals surface area (Å²) in [6.45, 7) is 6.22. The van der Waals surface area contributed by atoms with Crippen molar-refractivity contribution in [3.8, 4) is 0 Å². The van der Waals surface area contributed by atoms with Gasteiger partial charge in [0, 0.05) is 23.5 Å². The number of halogens is 1. The molecule has 0 aliphatic heterocycles. The number of carbonyl (C=O) groups excluding carboxylic acids is 1. The molecule has 0 saturated carbocycles. The third-order valence-corrected chi connectivity index (χ3v) is 4.70. The fraction of sp³-hybridized carbons (Fsp3) is 0.381. The summed E-state index contributed by atoms with van der Waals surface area (Å²) < 4.78 is 0. The largest absolute Gasteiger partial charge is 0.387 e. The number of hydrogen-bond donors (Lipinski definition) is 2. The van der Waals surface area contributed by atoms with E-state index < -0.39 is 6.10 Å². The molecule has 2 N–H and O–H groups in total. The molecule has 0 fully saturated rings. The summed E-state index contributed by atoms with van der Waals surface area (Å²) in [5.74, 6) is -0.143. The van der Waals surface area contributed by atoms with Crippen molar-refractivity contribution in [1.82, 2.24) is 5.32 Å². The van der Waals surface area contributed by atoms with Crippen molar-refractivity contribution in [3.63, 3.8) is 0 Å². The monoisotopic (exact) mass is 359 g/mol. The van der Waals surface area contributed by atoms with E-state index >= 15 is 0 Å². The highest BCUT2D eigenvalue weighted by atomic mass is 35.5. The second-order valence-corrected chi connectivity index (χ2v) is 7.15. The first-order valence-electron chi connectivity index (χ1n) is 8.65. The molecule has 2 aromatic rings. The Bertz CT molecular complexity index is 670. The van der Waals surface area contributed by atoms with E-state index in [-0.39, 0.29) is 23.7 Å². The van der Waals surface area contributed by atoms with E-state index in [1.54, 1.807) is 12.1 Å². The highest BCUT2D eigenvalue weighted by molar-refractivity contribution is 6.30. The minimum absolute atomic E-state index is 0.0585. The van der Waals surface area contributed by atoms with Crippen LogP contribution < -0.4 is 5.32 Å². The molecule has 0 heterocycles. The predicted octanol–water partition coefficient (Wildman–Crippen LogP) is 4.36. The number of Topliss-reactive ketones (excluding diaryl/α,β-unsaturated/α-hetero) is 1. The maximum absolute atomic E-state index is 12.6. The van der Waals surface area contributed by atoms with Gasteiger partial charge in [0.2, 0.25) is 0 Å². The van der Waals surface area contributed by atoms with Gasteiger partial charge in [0.25, 0.3) is 0 Å². The molecule has 0 spiro atoms. The number of aliphatic hydroxyl groups is 1. The summed E-state index contributed by atoms with van der Waals surface area (Å²) >= 11 is 5.96. The van der Waals surface area contributed by atoms with Gasteiger partial charge in [-0.2, -0.15) is 0 Å². The molecule has 3 atom stereocenters. The quantitative estimate of drug-likeness (QED) is 0.736. The Morgan fingerprint density at radius 3 is 2.16 bits per heavy atom. The maximum Gasteiger partial charge on any atom is 0.144 e. The lowest BCUT2D eigenvalue weighted by molar-refractivity contribution is -0.123. The van der Waals surface area contributed by atoms with E-state index in [1.165, 1.54) is 0 Å². The van der Waals surface area contributed by atoms with Crippen molar-refractivity contribution < 1.29 is 9.90 Å². The van der Waals surface area contributed by atoms with E-state index in [2.05, 4.69) is 5.32 Å². The molecule has 0 bridgehead atoms. The Morgan fingerprint density at radius 2 is 1.60 bits per heavy atom. The van der Waals surface area contributed by atoms with E-state index in [4.69, 9.17) is 11.6 Å². The average Bonchev–Trinajstić information content (AvgIpc) is 2.62. The fourth-order valence-corrected chi connectivity index (χ4v) is 2.96. The molecule has 2 aromatic carbocycles. The Labute approximate surface area is 155 Å². The molecule has 4 heteroatoms. The van der Waals surface area contributed by atoms with Crippen molar-refractivity contribution in [2.24, 2.45) is 5.92 Å². The molecule has 134 valence electrons. The average molecular weight is 360 g/mol. The van der Waals surface area contributed by atoms with Gasteiger partial charge in [-0.1, -0.05) is 67.9 Å². The van der Waals surface area contributed by atoms with Crippen LogP contribution in [0, 0.1) is 5.92 Å². The Kier molecular flexibility index (Phi) is 7.18. The molecule has 0 aromatic heterocycles. The Balaban J connectivity index is 2.09. The Morgan fingerprint density at radius 1 is 1.00 bits per heavy atom. The molecule has 1 unspecified atom stereocenters. The SMILES string of the molecule is CC(C)C(=O)C(CN[C@H](C)[C@@H](O)c1ccccc1)c1ccc(Cl)cc1. The second kappa shape index (κ2) is 9.14. The third kappa shape index (κ3) is 5.40. The molecule has 25 heavy (non-hydrogen) atoms. The van der Waals surface area contributed by atoms with Crippen LogP contribution in [0.25, 0.3) is 0 Å². The van der Waals surface area contributed by atoms with E-state index in [0.29, 0.717) is 11.6 Å². The summed E-state index contributed by atoms with van der Waals surface area (Å²) in [6, 6.07) is 16.8. The van der Waals surface area contributed by atoms with Gasteiger partial charge >= 0.3 is 0 Å². The van der Waals surface area contributed by atoms with Crippen molar-refractivity contribution in [1.29, 1.82) is 0 Å². The first kappa shape index (κ1) is 19.6. The molecule has 0 aliphatic carbocycles. The minimum atomic E-state index is -0.624. The normalized spacial score (nSPS) is 15.0. The third-order valence-electron chi connectivity index (χ3n) is 4.44. The van der Waals surface area contributed by atoms with Crippen LogP contribution in [0.2, 0.25) is 5.02 Å². The Hall–Kier alpha value is -1.68. The lowest BCUT2D eigenvalue weighted by Gasteiger charge is -2.25. The number of ketones is 1. The van der Waals surface area contributed by atoms with E-state index in [9.17, 15) is 9.90 Å². The highest BCUT2D eigenvalue weighted by Gasteiger charge is 2.25. The zero-order valence-corrected chi connectivity index (χ0v) is 15.7. The molecule has 3 nitrogen and oxygen atoms in total. The van der Waals surface area contributed by atoms with Gasteiger partial charge in [0.15, 0.2) is 0 Å². The molecule has 0 amide bonds. The number of hydrogen-bond acceptors (Lipinski definition) is 3. The maximum atomic E-state index is 12.6. The van der Waals surface area contributed by atoms with Gasteiger partial charge in [0.05, 0.1) is 12.0 Å². The van der Waals surface area contributed by atoms with E-state index in [1.807, 2.05) is 63.2 Å². The highest BCUT2D eigenvalue weighted by Crippen LogP contribution is 2.23. The molecule has 0 aliphatic rings. The van der Waals surface area contributed by atoms with Crippen LogP contribution in [-0.2, 0) is 4.79 Å². The van der Waals surface area contributed by atoms with Gasteiger partial charge in [-0.05, 0) is 30.2 Å². The topological polar surface area (TPSA) is 49.3 Å². The van der Waals surface area contributed by atoms with Crippen LogP contribution in [0.15, 0.2) is 54.6 Å². The number of aliphatic hydroxyl groups excluding tert-OH is 1. The summed E-state index contributed by atoms with van der Waals surface area (Å²) in [5, 5.41) is 14.5. The minimum Gasteiger partial charge on any atom is -0.387 e. The smallest absolute Gasteiger partial charge is 0.144 e. The zero-order chi connectivity index (χ0) is 18.4. The van der Waals surface area contributed by atoms with Crippen LogP contribution in [0.5, 0.6) is 0 Å². The van der Waals surface area contributed by atoms with Gasteiger partial charge in [-0.25, -0.2) is 0 Å². The molecule has 0 radical (unpaired) electrons. The van der Waals surface area contributed by atoms with E-state index in [0.717, 1.165) is 11.1 Å².